The predicted molar refractivity (Wildman–Crippen MR) is 86.3 cm³/mol. The van der Waals surface area contributed by atoms with Gasteiger partial charge in [-0.25, -0.2) is 9.67 Å². The first kappa shape index (κ1) is 15.7. The van der Waals surface area contributed by atoms with Crippen LogP contribution in [-0.2, 0) is 25.9 Å². The normalized spacial score (nSPS) is 11.0. The number of aryl methyl sites for hydroxylation is 2. The Balaban J connectivity index is 2.17. The summed E-state index contributed by atoms with van der Waals surface area (Å²) in [6, 6.07) is 8.59. The van der Waals surface area contributed by atoms with E-state index in [0.29, 0.717) is 0 Å². The molecule has 1 aromatic heterocycles. The molecule has 0 fully saturated rings. The van der Waals surface area contributed by atoms with Gasteiger partial charge in [-0.05, 0) is 24.1 Å². The van der Waals surface area contributed by atoms with Crippen LogP contribution in [0.25, 0.3) is 0 Å². The molecular formula is C17H26N4. The van der Waals surface area contributed by atoms with Gasteiger partial charge in [0.15, 0.2) is 5.82 Å². The molecule has 0 saturated carbocycles. The molecule has 0 radical (unpaired) electrons. The largest absolute Gasteiger partial charge is 0.313 e. The van der Waals surface area contributed by atoms with Crippen LogP contribution in [0.1, 0.15) is 50.0 Å². The van der Waals surface area contributed by atoms with Crippen LogP contribution >= 0.6 is 0 Å². The summed E-state index contributed by atoms with van der Waals surface area (Å²) in [6.07, 6.45) is 2.97. The zero-order valence-electron chi connectivity index (χ0n) is 13.4. The molecule has 0 unspecified atom stereocenters. The fraction of sp³-hybridized carbons (Fsp3) is 0.529. The maximum Gasteiger partial charge on any atom is 0.150 e. The lowest BCUT2D eigenvalue weighted by atomic mass is 10.1. The van der Waals surface area contributed by atoms with E-state index < -0.39 is 0 Å². The molecule has 1 heterocycles. The summed E-state index contributed by atoms with van der Waals surface area (Å²) in [5, 5.41) is 8.09. The lowest BCUT2D eigenvalue weighted by Crippen LogP contribution is -2.16. The van der Waals surface area contributed by atoms with Crippen LogP contribution in [0.5, 0.6) is 0 Å². The number of nitrogens with one attached hydrogen (secondary N) is 1. The molecule has 4 heteroatoms. The molecule has 4 nitrogen and oxygen atoms in total. The van der Waals surface area contributed by atoms with Crippen LogP contribution in [0.4, 0.5) is 0 Å². The van der Waals surface area contributed by atoms with Crippen molar-refractivity contribution in [2.24, 2.45) is 0 Å². The van der Waals surface area contributed by atoms with Crippen molar-refractivity contribution in [2.45, 2.75) is 53.1 Å². The second-order valence-corrected chi connectivity index (χ2v) is 5.25. The number of hydrogen-bond acceptors (Lipinski definition) is 3. The first-order valence-electron chi connectivity index (χ1n) is 7.98. The highest BCUT2D eigenvalue weighted by molar-refractivity contribution is 5.27. The molecule has 2 aromatic rings. The molecule has 1 N–H and O–H groups in total. The molecule has 0 bridgehead atoms. The first-order valence-corrected chi connectivity index (χ1v) is 7.98. The SMILES string of the molecule is CCCNCc1ccccc1Cn1nc(CC)nc1CC. The third-order valence-electron chi connectivity index (χ3n) is 3.61. The lowest BCUT2D eigenvalue weighted by molar-refractivity contribution is 0.622. The van der Waals surface area contributed by atoms with Gasteiger partial charge in [0, 0.05) is 19.4 Å². The van der Waals surface area contributed by atoms with Gasteiger partial charge in [0.05, 0.1) is 6.54 Å². The summed E-state index contributed by atoms with van der Waals surface area (Å²) in [7, 11) is 0. The predicted octanol–water partition coefficient (Wildman–Crippen LogP) is 2.95. The molecule has 21 heavy (non-hydrogen) atoms. The van der Waals surface area contributed by atoms with Crippen LogP contribution in [0.2, 0.25) is 0 Å². The van der Waals surface area contributed by atoms with Gasteiger partial charge in [-0.1, -0.05) is 45.0 Å². The fourth-order valence-electron chi connectivity index (χ4n) is 2.41. The van der Waals surface area contributed by atoms with Gasteiger partial charge >= 0.3 is 0 Å². The van der Waals surface area contributed by atoms with Crippen molar-refractivity contribution in [2.75, 3.05) is 6.54 Å². The van der Waals surface area contributed by atoms with Crippen LogP contribution in [-0.4, -0.2) is 21.3 Å². The number of rotatable bonds is 8. The molecule has 0 aliphatic carbocycles. The summed E-state index contributed by atoms with van der Waals surface area (Å²) in [5.41, 5.74) is 2.67. The molecule has 0 aliphatic rings. The highest BCUT2D eigenvalue weighted by Gasteiger charge is 2.09. The summed E-state index contributed by atoms with van der Waals surface area (Å²) in [4.78, 5) is 4.58. The minimum Gasteiger partial charge on any atom is -0.313 e. The van der Waals surface area contributed by atoms with E-state index in [1.807, 2.05) is 0 Å². The second kappa shape index (κ2) is 7.93. The summed E-state index contributed by atoms with van der Waals surface area (Å²) >= 11 is 0. The van der Waals surface area contributed by atoms with Gasteiger partial charge in [0.25, 0.3) is 0 Å². The van der Waals surface area contributed by atoms with Crippen LogP contribution < -0.4 is 5.32 Å². The highest BCUT2D eigenvalue weighted by Crippen LogP contribution is 2.12. The van der Waals surface area contributed by atoms with Gasteiger partial charge < -0.3 is 5.32 Å². The summed E-state index contributed by atoms with van der Waals surface area (Å²) in [6.45, 7) is 9.20. The Morgan fingerprint density at radius 2 is 1.81 bits per heavy atom. The topological polar surface area (TPSA) is 42.7 Å². The molecule has 0 atom stereocenters. The number of benzene rings is 1. The second-order valence-electron chi connectivity index (χ2n) is 5.25. The zero-order valence-corrected chi connectivity index (χ0v) is 13.4. The number of hydrogen-bond donors (Lipinski definition) is 1. The standard InChI is InChI=1S/C17H26N4/c1-4-11-18-12-14-9-7-8-10-15(14)13-21-17(6-3)19-16(5-2)20-21/h7-10,18H,4-6,11-13H2,1-3H3. The van der Waals surface area contributed by atoms with Crippen molar-refractivity contribution < 1.29 is 0 Å². The third kappa shape index (κ3) is 4.14. The first-order chi connectivity index (χ1) is 10.3. The van der Waals surface area contributed by atoms with Crippen LogP contribution in [0, 0.1) is 0 Å². The van der Waals surface area contributed by atoms with Crippen molar-refractivity contribution in [1.29, 1.82) is 0 Å². The molecule has 0 spiro atoms. The zero-order chi connectivity index (χ0) is 15.1. The number of aromatic nitrogens is 3. The van der Waals surface area contributed by atoms with Crippen molar-refractivity contribution in [3.8, 4) is 0 Å². The smallest absolute Gasteiger partial charge is 0.150 e. The van der Waals surface area contributed by atoms with Crippen LogP contribution in [0.15, 0.2) is 24.3 Å². The highest BCUT2D eigenvalue weighted by atomic mass is 15.3. The lowest BCUT2D eigenvalue weighted by Gasteiger charge is -2.11. The van der Waals surface area contributed by atoms with E-state index in [2.05, 4.69) is 65.1 Å². The van der Waals surface area contributed by atoms with Crippen molar-refractivity contribution in [3.05, 3.63) is 47.0 Å². The maximum atomic E-state index is 4.62. The number of nitrogens with zero attached hydrogens (tertiary/aromatic N) is 3. The Bertz CT molecular complexity index is 560. The van der Waals surface area contributed by atoms with Gasteiger partial charge in [0.2, 0.25) is 0 Å². The summed E-state index contributed by atoms with van der Waals surface area (Å²) in [5.74, 6) is 2.01. The Kier molecular flexibility index (Phi) is 5.93. The van der Waals surface area contributed by atoms with Gasteiger partial charge in [-0.15, -0.1) is 0 Å². The quantitative estimate of drug-likeness (QED) is 0.759. The van der Waals surface area contributed by atoms with Crippen molar-refractivity contribution >= 4 is 0 Å². The van der Waals surface area contributed by atoms with E-state index in [0.717, 1.165) is 50.5 Å². The van der Waals surface area contributed by atoms with Gasteiger partial charge in [-0.3, -0.25) is 0 Å². The van der Waals surface area contributed by atoms with E-state index in [4.69, 9.17) is 0 Å². The Hall–Kier alpha value is -1.68. The monoisotopic (exact) mass is 286 g/mol. The average molecular weight is 286 g/mol. The molecule has 2 rings (SSSR count). The van der Waals surface area contributed by atoms with Crippen LogP contribution in [0.3, 0.4) is 0 Å². The van der Waals surface area contributed by atoms with Gasteiger partial charge in [0.1, 0.15) is 5.82 Å². The van der Waals surface area contributed by atoms with Gasteiger partial charge in [-0.2, -0.15) is 5.10 Å². The molecular weight excluding hydrogens is 260 g/mol. The average Bonchev–Trinajstić information content (AvgIpc) is 2.91. The van der Waals surface area contributed by atoms with E-state index in [1.165, 1.54) is 11.1 Å². The minimum absolute atomic E-state index is 0.806. The maximum absolute atomic E-state index is 4.62. The molecule has 1 aromatic carbocycles. The van der Waals surface area contributed by atoms with E-state index in [-0.39, 0.29) is 0 Å². The molecule has 0 amide bonds. The van der Waals surface area contributed by atoms with Crippen molar-refractivity contribution in [1.82, 2.24) is 20.1 Å². The minimum atomic E-state index is 0.806. The Morgan fingerprint density at radius 3 is 2.48 bits per heavy atom. The molecule has 0 saturated heterocycles. The Labute approximate surface area is 127 Å². The van der Waals surface area contributed by atoms with E-state index in [1.54, 1.807) is 0 Å². The Morgan fingerprint density at radius 1 is 1.05 bits per heavy atom. The van der Waals surface area contributed by atoms with Crippen molar-refractivity contribution in [3.63, 3.8) is 0 Å². The summed E-state index contributed by atoms with van der Waals surface area (Å²) < 4.78 is 2.05. The molecule has 114 valence electrons. The fourth-order valence-corrected chi connectivity index (χ4v) is 2.41. The van der Waals surface area contributed by atoms with E-state index >= 15 is 0 Å². The molecule has 0 aliphatic heterocycles. The van der Waals surface area contributed by atoms with E-state index in [9.17, 15) is 0 Å². The third-order valence-corrected chi connectivity index (χ3v) is 3.61.